The van der Waals surface area contributed by atoms with Crippen molar-refractivity contribution in [1.82, 2.24) is 10.6 Å². The lowest BCUT2D eigenvalue weighted by Crippen LogP contribution is -2.36. The van der Waals surface area contributed by atoms with E-state index < -0.39 is 0 Å². The van der Waals surface area contributed by atoms with E-state index in [1.807, 2.05) is 0 Å². The quantitative estimate of drug-likeness (QED) is 0.426. The largest absolute Gasteiger partial charge is 0.378 e. The molecule has 0 aromatic heterocycles. The van der Waals surface area contributed by atoms with Crippen molar-refractivity contribution in [3.05, 3.63) is 65.2 Å². The summed E-state index contributed by atoms with van der Waals surface area (Å²) in [6, 6.07) is 17.0. The summed E-state index contributed by atoms with van der Waals surface area (Å²) in [5.74, 6) is 0.806. The fourth-order valence-electron chi connectivity index (χ4n) is 2.24. The summed E-state index contributed by atoms with van der Waals surface area (Å²) in [7, 11) is 5.89. The van der Waals surface area contributed by atoms with E-state index >= 15 is 0 Å². The normalized spacial score (nSPS) is 10.8. The molecule has 0 heterocycles. The van der Waals surface area contributed by atoms with Crippen LogP contribution in [0.3, 0.4) is 0 Å². The van der Waals surface area contributed by atoms with Gasteiger partial charge in [-0.3, -0.25) is 4.99 Å². The predicted molar refractivity (Wildman–Crippen MR) is 114 cm³/mol. The molecule has 0 saturated heterocycles. The van der Waals surface area contributed by atoms with Gasteiger partial charge in [0.25, 0.3) is 0 Å². The fourth-order valence-corrected chi connectivity index (χ4v) is 2.24. The number of aryl methyl sites for hydroxylation is 1. The van der Waals surface area contributed by atoms with Crippen LogP contribution in [-0.2, 0) is 13.1 Å². The molecule has 2 N–H and O–H groups in total. The molecule has 0 unspecified atom stereocenters. The molecule has 130 valence electrons. The first-order valence-corrected chi connectivity index (χ1v) is 7.85. The average molecular weight is 438 g/mol. The van der Waals surface area contributed by atoms with Crippen LogP contribution in [0.5, 0.6) is 0 Å². The second-order valence-corrected chi connectivity index (χ2v) is 5.83. The highest BCUT2D eigenvalue weighted by Gasteiger charge is 2.01. The molecular formula is C19H27IN4. The molecule has 0 aliphatic rings. The molecule has 0 radical (unpaired) electrons. The Morgan fingerprint density at radius 2 is 1.58 bits per heavy atom. The minimum atomic E-state index is 0. The van der Waals surface area contributed by atoms with Crippen molar-refractivity contribution in [1.29, 1.82) is 0 Å². The summed E-state index contributed by atoms with van der Waals surface area (Å²) in [6.45, 7) is 3.60. The van der Waals surface area contributed by atoms with E-state index in [0.717, 1.165) is 19.0 Å². The number of aliphatic imine (C=N–C) groups is 1. The van der Waals surface area contributed by atoms with Crippen LogP contribution in [0.4, 0.5) is 5.69 Å². The first-order chi connectivity index (χ1) is 11.1. The van der Waals surface area contributed by atoms with Gasteiger partial charge in [0, 0.05) is 39.9 Å². The van der Waals surface area contributed by atoms with E-state index in [-0.39, 0.29) is 24.0 Å². The van der Waals surface area contributed by atoms with Crippen LogP contribution in [0.1, 0.15) is 16.7 Å². The van der Waals surface area contributed by atoms with Gasteiger partial charge >= 0.3 is 0 Å². The fraction of sp³-hybridized carbons (Fsp3) is 0.316. The number of anilines is 1. The van der Waals surface area contributed by atoms with Crippen molar-refractivity contribution in [3.8, 4) is 0 Å². The standard InChI is InChI=1S/C19H26N4.HI/c1-15-8-10-16(11-9-15)13-21-19(20-2)22-14-17-6-5-7-18(12-17)23(3)4;/h5-12H,13-14H2,1-4H3,(H2,20,21,22);1H. The molecule has 24 heavy (non-hydrogen) atoms. The molecule has 0 fully saturated rings. The van der Waals surface area contributed by atoms with Gasteiger partial charge in [-0.1, -0.05) is 42.0 Å². The van der Waals surface area contributed by atoms with Gasteiger partial charge in [-0.2, -0.15) is 0 Å². The van der Waals surface area contributed by atoms with Crippen molar-refractivity contribution in [3.63, 3.8) is 0 Å². The van der Waals surface area contributed by atoms with Crippen LogP contribution in [0.2, 0.25) is 0 Å². The van der Waals surface area contributed by atoms with Crippen molar-refractivity contribution < 1.29 is 0 Å². The minimum Gasteiger partial charge on any atom is -0.378 e. The summed E-state index contributed by atoms with van der Waals surface area (Å²) >= 11 is 0. The third kappa shape index (κ3) is 6.39. The highest BCUT2D eigenvalue weighted by atomic mass is 127. The minimum absolute atomic E-state index is 0. The SMILES string of the molecule is CN=C(NCc1ccc(C)cc1)NCc1cccc(N(C)C)c1.I. The molecule has 0 spiro atoms. The zero-order chi connectivity index (χ0) is 16.7. The lowest BCUT2D eigenvalue weighted by atomic mass is 10.1. The summed E-state index contributed by atoms with van der Waals surface area (Å²) in [6.07, 6.45) is 0. The maximum absolute atomic E-state index is 4.28. The third-order valence-electron chi connectivity index (χ3n) is 3.69. The second-order valence-electron chi connectivity index (χ2n) is 5.83. The Morgan fingerprint density at radius 3 is 2.17 bits per heavy atom. The Labute approximate surface area is 162 Å². The predicted octanol–water partition coefficient (Wildman–Crippen LogP) is 3.54. The van der Waals surface area contributed by atoms with Gasteiger partial charge in [-0.25, -0.2) is 0 Å². The van der Waals surface area contributed by atoms with Crippen LogP contribution in [0.25, 0.3) is 0 Å². The molecular weight excluding hydrogens is 411 g/mol. The Kier molecular flexibility index (Phi) is 8.60. The van der Waals surface area contributed by atoms with Crippen molar-refractivity contribution in [2.24, 2.45) is 4.99 Å². The highest BCUT2D eigenvalue weighted by Crippen LogP contribution is 2.13. The van der Waals surface area contributed by atoms with Gasteiger partial charge in [-0.05, 0) is 30.2 Å². The molecule has 2 rings (SSSR count). The molecule has 2 aromatic carbocycles. The molecule has 0 atom stereocenters. The number of hydrogen-bond donors (Lipinski definition) is 2. The van der Waals surface area contributed by atoms with Crippen molar-refractivity contribution in [2.75, 3.05) is 26.0 Å². The van der Waals surface area contributed by atoms with Crippen LogP contribution in [0, 0.1) is 6.92 Å². The topological polar surface area (TPSA) is 39.7 Å². The van der Waals surface area contributed by atoms with Gasteiger partial charge in [0.15, 0.2) is 5.96 Å². The van der Waals surface area contributed by atoms with E-state index in [1.165, 1.54) is 22.4 Å². The Balaban J connectivity index is 0.00000288. The lowest BCUT2D eigenvalue weighted by molar-refractivity contribution is 0.808. The van der Waals surface area contributed by atoms with Gasteiger partial charge in [0.1, 0.15) is 0 Å². The third-order valence-corrected chi connectivity index (χ3v) is 3.69. The van der Waals surface area contributed by atoms with Gasteiger partial charge in [0.2, 0.25) is 0 Å². The van der Waals surface area contributed by atoms with E-state index in [4.69, 9.17) is 0 Å². The maximum Gasteiger partial charge on any atom is 0.191 e. The molecule has 2 aromatic rings. The van der Waals surface area contributed by atoms with Crippen molar-refractivity contribution in [2.45, 2.75) is 20.0 Å². The number of rotatable bonds is 5. The maximum atomic E-state index is 4.28. The van der Waals surface area contributed by atoms with Gasteiger partial charge < -0.3 is 15.5 Å². The number of hydrogen-bond acceptors (Lipinski definition) is 2. The van der Waals surface area contributed by atoms with Crippen molar-refractivity contribution >= 4 is 35.6 Å². The molecule has 0 amide bonds. The summed E-state index contributed by atoms with van der Waals surface area (Å²) in [5.41, 5.74) is 4.95. The van der Waals surface area contributed by atoms with Crippen LogP contribution >= 0.6 is 24.0 Å². The zero-order valence-electron chi connectivity index (χ0n) is 14.8. The van der Waals surface area contributed by atoms with Gasteiger partial charge in [0.05, 0.1) is 0 Å². The first-order valence-electron chi connectivity index (χ1n) is 7.85. The molecule has 0 aliphatic heterocycles. The summed E-state index contributed by atoms with van der Waals surface area (Å²) < 4.78 is 0. The van der Waals surface area contributed by atoms with Crippen LogP contribution in [0.15, 0.2) is 53.5 Å². The monoisotopic (exact) mass is 438 g/mol. The van der Waals surface area contributed by atoms with E-state index in [0.29, 0.717) is 0 Å². The molecule has 0 aliphatic carbocycles. The molecule has 0 bridgehead atoms. The van der Waals surface area contributed by atoms with Crippen LogP contribution in [-0.4, -0.2) is 27.1 Å². The number of benzene rings is 2. The van der Waals surface area contributed by atoms with Gasteiger partial charge in [-0.15, -0.1) is 24.0 Å². The summed E-state index contributed by atoms with van der Waals surface area (Å²) in [5, 5.41) is 6.70. The molecule has 5 heteroatoms. The molecule has 4 nitrogen and oxygen atoms in total. The Morgan fingerprint density at radius 1 is 0.958 bits per heavy atom. The zero-order valence-corrected chi connectivity index (χ0v) is 17.2. The number of guanidine groups is 1. The second kappa shape index (κ2) is 10.2. The number of nitrogens with zero attached hydrogens (tertiary/aromatic N) is 2. The average Bonchev–Trinajstić information content (AvgIpc) is 2.57. The van der Waals surface area contributed by atoms with E-state index in [9.17, 15) is 0 Å². The Hall–Kier alpha value is -1.76. The van der Waals surface area contributed by atoms with E-state index in [2.05, 4.69) is 90.1 Å². The lowest BCUT2D eigenvalue weighted by Gasteiger charge is -2.15. The Bertz CT molecular complexity index is 651. The molecule has 0 saturated carbocycles. The van der Waals surface area contributed by atoms with Crippen LogP contribution < -0.4 is 15.5 Å². The smallest absolute Gasteiger partial charge is 0.191 e. The van der Waals surface area contributed by atoms with E-state index in [1.54, 1.807) is 7.05 Å². The highest BCUT2D eigenvalue weighted by molar-refractivity contribution is 14.0. The first kappa shape index (κ1) is 20.3. The number of nitrogens with one attached hydrogen (secondary N) is 2. The summed E-state index contributed by atoms with van der Waals surface area (Å²) in [4.78, 5) is 6.38. The number of halogens is 1.